The average Bonchev–Trinajstić information content (AvgIpc) is 2.61. The SMILES string of the molecule is N#CC(=CC=Cc1ccccc1[N+](=O)[O-])C(=O)Nc1ccccc1F. The van der Waals surface area contributed by atoms with Gasteiger partial charge in [0, 0.05) is 6.07 Å². The van der Waals surface area contributed by atoms with Crippen LogP contribution < -0.4 is 5.32 Å². The number of nitrogens with zero attached hydrogens (tertiary/aromatic N) is 2. The third-order valence-corrected chi connectivity index (χ3v) is 3.16. The molecule has 0 heterocycles. The lowest BCUT2D eigenvalue weighted by Crippen LogP contribution is -2.14. The highest BCUT2D eigenvalue weighted by molar-refractivity contribution is 6.06. The maximum atomic E-state index is 13.5. The number of anilines is 1. The molecule has 1 N–H and O–H groups in total. The van der Waals surface area contributed by atoms with E-state index in [4.69, 9.17) is 5.26 Å². The van der Waals surface area contributed by atoms with Crippen molar-refractivity contribution in [3.05, 3.63) is 87.8 Å². The van der Waals surface area contributed by atoms with Gasteiger partial charge < -0.3 is 5.32 Å². The van der Waals surface area contributed by atoms with Crippen molar-refractivity contribution in [2.75, 3.05) is 5.32 Å². The molecule has 25 heavy (non-hydrogen) atoms. The molecule has 0 radical (unpaired) electrons. The smallest absolute Gasteiger partial charge is 0.276 e. The van der Waals surface area contributed by atoms with E-state index in [2.05, 4.69) is 5.32 Å². The Hall–Kier alpha value is -3.79. The van der Waals surface area contributed by atoms with Gasteiger partial charge in [-0.05, 0) is 30.4 Å². The first-order valence-electron chi connectivity index (χ1n) is 7.10. The van der Waals surface area contributed by atoms with Gasteiger partial charge in [0.2, 0.25) is 0 Å². The van der Waals surface area contributed by atoms with Crippen LogP contribution in [0.25, 0.3) is 6.08 Å². The lowest BCUT2D eigenvalue weighted by atomic mass is 10.1. The van der Waals surface area contributed by atoms with Gasteiger partial charge in [-0.3, -0.25) is 14.9 Å². The van der Waals surface area contributed by atoms with Gasteiger partial charge >= 0.3 is 0 Å². The fourth-order valence-corrected chi connectivity index (χ4v) is 1.96. The van der Waals surface area contributed by atoms with Crippen molar-refractivity contribution in [2.24, 2.45) is 0 Å². The quantitative estimate of drug-likeness (QED) is 0.295. The minimum Gasteiger partial charge on any atom is -0.319 e. The predicted molar refractivity (Wildman–Crippen MR) is 90.9 cm³/mol. The summed E-state index contributed by atoms with van der Waals surface area (Å²) in [5.41, 5.74) is -0.0774. The lowest BCUT2D eigenvalue weighted by molar-refractivity contribution is -0.385. The maximum absolute atomic E-state index is 13.5. The Balaban J connectivity index is 2.18. The van der Waals surface area contributed by atoms with Crippen molar-refractivity contribution in [3.8, 4) is 6.07 Å². The largest absolute Gasteiger partial charge is 0.319 e. The lowest BCUT2D eigenvalue weighted by Gasteiger charge is -2.04. The van der Waals surface area contributed by atoms with Crippen LogP contribution in [0.4, 0.5) is 15.8 Å². The van der Waals surface area contributed by atoms with Crippen molar-refractivity contribution in [3.63, 3.8) is 0 Å². The van der Waals surface area contributed by atoms with Crippen LogP contribution in [0, 0.1) is 27.3 Å². The van der Waals surface area contributed by atoms with Crippen LogP contribution in [0.3, 0.4) is 0 Å². The van der Waals surface area contributed by atoms with E-state index in [-0.39, 0.29) is 16.9 Å². The summed E-state index contributed by atoms with van der Waals surface area (Å²) in [6.07, 6.45) is 3.96. The van der Waals surface area contributed by atoms with Crippen molar-refractivity contribution < 1.29 is 14.1 Å². The Morgan fingerprint density at radius 1 is 1.20 bits per heavy atom. The molecule has 0 aliphatic rings. The number of carbonyl (C=O) groups is 1. The normalized spacial score (nSPS) is 11.1. The van der Waals surface area contributed by atoms with Crippen LogP contribution in [-0.4, -0.2) is 10.8 Å². The van der Waals surface area contributed by atoms with Crippen molar-refractivity contribution in [1.82, 2.24) is 0 Å². The van der Waals surface area contributed by atoms with Gasteiger partial charge in [0.15, 0.2) is 0 Å². The van der Waals surface area contributed by atoms with E-state index in [1.54, 1.807) is 18.2 Å². The van der Waals surface area contributed by atoms with E-state index >= 15 is 0 Å². The van der Waals surface area contributed by atoms with Crippen molar-refractivity contribution in [1.29, 1.82) is 5.26 Å². The minimum atomic E-state index is -0.778. The molecule has 0 aliphatic heterocycles. The second kappa shape index (κ2) is 8.17. The fraction of sp³-hybridized carbons (Fsp3) is 0. The fourth-order valence-electron chi connectivity index (χ4n) is 1.96. The summed E-state index contributed by atoms with van der Waals surface area (Å²) in [6.45, 7) is 0. The van der Waals surface area contributed by atoms with Crippen LogP contribution in [0.15, 0.2) is 66.3 Å². The summed E-state index contributed by atoms with van der Waals surface area (Å²) < 4.78 is 13.5. The summed E-state index contributed by atoms with van der Waals surface area (Å²) in [5.74, 6) is -1.40. The first kappa shape index (κ1) is 17.6. The summed E-state index contributed by atoms with van der Waals surface area (Å²) in [7, 11) is 0. The monoisotopic (exact) mass is 337 g/mol. The first-order valence-corrected chi connectivity index (χ1v) is 7.10. The highest BCUT2D eigenvalue weighted by atomic mass is 19.1. The molecular formula is C18H12FN3O3. The molecule has 6 nitrogen and oxygen atoms in total. The Labute approximate surface area is 142 Å². The highest BCUT2D eigenvalue weighted by Gasteiger charge is 2.11. The Morgan fingerprint density at radius 3 is 2.56 bits per heavy atom. The molecule has 0 fully saturated rings. The third-order valence-electron chi connectivity index (χ3n) is 3.16. The predicted octanol–water partition coefficient (Wildman–Crippen LogP) is 3.84. The van der Waals surface area contributed by atoms with Gasteiger partial charge in [0.1, 0.15) is 17.5 Å². The maximum Gasteiger partial charge on any atom is 0.276 e. The summed E-state index contributed by atoms with van der Waals surface area (Å²) in [5, 5.41) is 22.3. The molecular weight excluding hydrogens is 325 g/mol. The first-order chi connectivity index (χ1) is 12.0. The van der Waals surface area contributed by atoms with Crippen molar-refractivity contribution in [2.45, 2.75) is 0 Å². The molecule has 7 heteroatoms. The summed E-state index contributed by atoms with van der Waals surface area (Å²) in [6, 6.07) is 13.3. The van der Waals surface area contributed by atoms with E-state index in [1.807, 2.05) is 0 Å². The van der Waals surface area contributed by atoms with Crippen LogP contribution in [0.1, 0.15) is 5.56 Å². The zero-order valence-electron chi connectivity index (χ0n) is 12.8. The molecule has 0 spiro atoms. The molecule has 2 aromatic carbocycles. The minimum absolute atomic E-state index is 0.0451. The number of nitriles is 1. The molecule has 1 amide bonds. The molecule has 0 saturated heterocycles. The number of hydrogen-bond acceptors (Lipinski definition) is 4. The van der Waals surface area contributed by atoms with Gasteiger partial charge in [-0.25, -0.2) is 4.39 Å². The van der Waals surface area contributed by atoms with E-state index < -0.39 is 16.6 Å². The van der Waals surface area contributed by atoms with E-state index in [0.29, 0.717) is 5.56 Å². The van der Waals surface area contributed by atoms with Gasteiger partial charge in [-0.2, -0.15) is 5.26 Å². The number of nitrogens with one attached hydrogen (secondary N) is 1. The molecule has 2 rings (SSSR count). The number of hydrogen-bond donors (Lipinski definition) is 1. The zero-order chi connectivity index (χ0) is 18.2. The molecule has 0 aromatic heterocycles. The van der Waals surface area contributed by atoms with Crippen LogP contribution in [0.2, 0.25) is 0 Å². The average molecular weight is 337 g/mol. The molecule has 0 unspecified atom stereocenters. The zero-order valence-corrected chi connectivity index (χ0v) is 12.8. The topological polar surface area (TPSA) is 96.0 Å². The molecule has 2 aromatic rings. The van der Waals surface area contributed by atoms with Crippen LogP contribution in [-0.2, 0) is 4.79 Å². The summed E-state index contributed by atoms with van der Waals surface area (Å²) in [4.78, 5) is 22.4. The second-order valence-electron chi connectivity index (χ2n) is 4.80. The number of rotatable bonds is 5. The Morgan fingerprint density at radius 2 is 1.88 bits per heavy atom. The second-order valence-corrected chi connectivity index (χ2v) is 4.80. The van der Waals surface area contributed by atoms with Gasteiger partial charge in [0.25, 0.3) is 11.6 Å². The van der Waals surface area contributed by atoms with E-state index in [1.165, 1.54) is 54.6 Å². The van der Waals surface area contributed by atoms with Crippen molar-refractivity contribution >= 4 is 23.4 Å². The third kappa shape index (κ3) is 4.59. The summed E-state index contributed by atoms with van der Waals surface area (Å²) >= 11 is 0. The molecule has 124 valence electrons. The van der Waals surface area contributed by atoms with Gasteiger partial charge in [-0.1, -0.05) is 30.3 Å². The molecule has 0 aliphatic carbocycles. The van der Waals surface area contributed by atoms with Crippen LogP contribution in [0.5, 0.6) is 0 Å². The molecule has 0 atom stereocenters. The number of carbonyl (C=O) groups excluding carboxylic acids is 1. The Bertz CT molecular complexity index is 914. The number of nitro benzene ring substituents is 1. The van der Waals surface area contributed by atoms with Crippen LogP contribution >= 0.6 is 0 Å². The molecule has 0 bridgehead atoms. The number of allylic oxidation sites excluding steroid dienone is 2. The van der Waals surface area contributed by atoms with E-state index in [9.17, 15) is 19.3 Å². The standard InChI is InChI=1S/C18H12FN3O3/c19-15-9-2-3-10-16(15)21-18(23)14(12-20)8-5-7-13-6-1-4-11-17(13)22(24)25/h1-11H,(H,21,23). The molecule has 0 saturated carbocycles. The van der Waals surface area contributed by atoms with Gasteiger partial charge in [0.05, 0.1) is 16.2 Å². The number of halogens is 1. The highest BCUT2D eigenvalue weighted by Crippen LogP contribution is 2.19. The van der Waals surface area contributed by atoms with Gasteiger partial charge in [-0.15, -0.1) is 0 Å². The Kier molecular flexibility index (Phi) is 5.74. The number of benzene rings is 2. The number of amides is 1. The number of para-hydroxylation sites is 2. The van der Waals surface area contributed by atoms with E-state index in [0.717, 1.165) is 0 Å². The number of nitro groups is 1.